The molecule has 1 unspecified atom stereocenters. The van der Waals surface area contributed by atoms with Crippen molar-refractivity contribution < 1.29 is 19.1 Å². The molecule has 1 fully saturated rings. The van der Waals surface area contributed by atoms with E-state index in [2.05, 4.69) is 16.0 Å². The summed E-state index contributed by atoms with van der Waals surface area (Å²) in [6.45, 7) is 2.74. The average Bonchev–Trinajstić information content (AvgIpc) is 2.89. The highest BCUT2D eigenvalue weighted by molar-refractivity contribution is 5.90. The molecule has 1 aromatic heterocycles. The van der Waals surface area contributed by atoms with Crippen molar-refractivity contribution in [1.82, 2.24) is 20.6 Å². The Morgan fingerprint density at radius 2 is 1.62 bits per heavy atom. The zero-order chi connectivity index (χ0) is 27.9. The predicted octanol–water partition coefficient (Wildman–Crippen LogP) is 3.21. The van der Waals surface area contributed by atoms with Crippen LogP contribution in [0, 0.1) is 0 Å². The van der Waals surface area contributed by atoms with E-state index < -0.39 is 12.0 Å². The Bertz CT molecular complexity index is 1320. The molecule has 0 spiro atoms. The van der Waals surface area contributed by atoms with E-state index in [1.807, 2.05) is 43.3 Å². The summed E-state index contributed by atoms with van der Waals surface area (Å²) in [6, 6.07) is 14.4. The summed E-state index contributed by atoms with van der Waals surface area (Å²) in [4.78, 5) is 47.5. The number of nitrogens with zero attached hydrogens (tertiary/aromatic N) is 3. The van der Waals surface area contributed by atoms with Crippen LogP contribution in [0.3, 0.4) is 0 Å². The lowest BCUT2D eigenvalue weighted by molar-refractivity contribution is -0.131. The van der Waals surface area contributed by atoms with Crippen LogP contribution in [-0.2, 0) is 20.8 Å². The number of carbonyl (C=O) groups is 3. The molecule has 0 radical (unpaired) electrons. The maximum Gasteiger partial charge on any atom is 0.308 e. The Hall–Kier alpha value is -4.21. The molecule has 1 atom stereocenters. The molecule has 1 aliphatic rings. The van der Waals surface area contributed by atoms with Gasteiger partial charge in [-0.1, -0.05) is 24.3 Å². The second-order valence-corrected chi connectivity index (χ2v) is 10.2. The molecule has 0 bridgehead atoms. The Kier molecular flexibility index (Phi) is 8.96. The maximum absolute atomic E-state index is 13.1. The number of anilines is 2. The van der Waals surface area contributed by atoms with Crippen LogP contribution in [0.4, 0.5) is 11.8 Å². The van der Waals surface area contributed by atoms with Gasteiger partial charge in [0.2, 0.25) is 17.8 Å². The number of aromatic nitrogens is 2. The third-order valence-corrected chi connectivity index (χ3v) is 6.73. The molecule has 10 nitrogen and oxygen atoms in total. The molecule has 2 aromatic carbocycles. The van der Waals surface area contributed by atoms with Gasteiger partial charge in [-0.25, -0.2) is 4.98 Å². The van der Waals surface area contributed by atoms with Gasteiger partial charge in [0.1, 0.15) is 17.6 Å². The molecule has 2 amide bonds. The fraction of sp³-hybridized carbons (Fsp3) is 0.414. The van der Waals surface area contributed by atoms with Crippen LogP contribution in [0.1, 0.15) is 45.1 Å². The number of fused-ring (bicyclic) bond motifs is 1. The Morgan fingerprint density at radius 3 is 2.26 bits per heavy atom. The second kappa shape index (κ2) is 12.6. The summed E-state index contributed by atoms with van der Waals surface area (Å²) in [5, 5.41) is 10.4. The van der Waals surface area contributed by atoms with Gasteiger partial charge in [-0.15, -0.1) is 0 Å². The number of hydrogen-bond donors (Lipinski definition) is 3. The highest BCUT2D eigenvalue weighted by Crippen LogP contribution is 2.26. The van der Waals surface area contributed by atoms with Crippen LogP contribution in [0.5, 0.6) is 5.75 Å². The predicted molar refractivity (Wildman–Crippen MR) is 151 cm³/mol. The maximum atomic E-state index is 13.1. The molecule has 1 heterocycles. The first kappa shape index (κ1) is 27.8. The smallest absolute Gasteiger partial charge is 0.308 e. The molecule has 3 aromatic rings. The van der Waals surface area contributed by atoms with E-state index >= 15 is 0 Å². The van der Waals surface area contributed by atoms with Gasteiger partial charge >= 0.3 is 5.97 Å². The first-order chi connectivity index (χ1) is 18.7. The summed E-state index contributed by atoms with van der Waals surface area (Å²) in [6.07, 6.45) is 3.67. The average molecular weight is 533 g/mol. The lowest BCUT2D eigenvalue weighted by Gasteiger charge is -2.31. The van der Waals surface area contributed by atoms with Gasteiger partial charge in [-0.3, -0.25) is 14.4 Å². The van der Waals surface area contributed by atoms with E-state index in [4.69, 9.17) is 14.7 Å². The topological polar surface area (TPSA) is 126 Å². The molecule has 1 aliphatic carbocycles. The fourth-order valence-corrected chi connectivity index (χ4v) is 4.88. The summed E-state index contributed by atoms with van der Waals surface area (Å²) >= 11 is 0. The first-order valence-electron chi connectivity index (χ1n) is 13.2. The minimum atomic E-state index is -0.701. The van der Waals surface area contributed by atoms with Crippen molar-refractivity contribution >= 4 is 40.5 Å². The van der Waals surface area contributed by atoms with Crippen LogP contribution in [0.15, 0.2) is 48.5 Å². The van der Waals surface area contributed by atoms with Crippen molar-refractivity contribution in [3.05, 3.63) is 54.1 Å². The molecule has 1 saturated carbocycles. The minimum Gasteiger partial charge on any atom is -0.427 e. The van der Waals surface area contributed by atoms with Crippen LogP contribution >= 0.6 is 0 Å². The molecule has 4 rings (SSSR count). The van der Waals surface area contributed by atoms with Crippen LogP contribution in [0.25, 0.3) is 10.9 Å². The second-order valence-electron chi connectivity index (χ2n) is 10.2. The normalized spacial score (nSPS) is 17.6. The third kappa shape index (κ3) is 7.66. The third-order valence-electron chi connectivity index (χ3n) is 6.73. The molecule has 10 heteroatoms. The van der Waals surface area contributed by atoms with Crippen molar-refractivity contribution in [1.29, 1.82) is 0 Å². The number of hydrogen-bond acceptors (Lipinski definition) is 8. The SMILES string of the molecule is CC(=O)NC(Cc1ccc(OC(C)=O)cc1)C(=O)NC1CCC(Nc2nc(N(C)C)c3ccccc3n2)CC1. The van der Waals surface area contributed by atoms with Crippen molar-refractivity contribution in [2.45, 2.75) is 64.1 Å². The highest BCUT2D eigenvalue weighted by atomic mass is 16.5. The van der Waals surface area contributed by atoms with Gasteiger partial charge in [0.25, 0.3) is 0 Å². The lowest BCUT2D eigenvalue weighted by Crippen LogP contribution is -2.51. The number of esters is 1. The van der Waals surface area contributed by atoms with Gasteiger partial charge < -0.3 is 25.6 Å². The quantitative estimate of drug-likeness (QED) is 0.283. The van der Waals surface area contributed by atoms with Gasteiger partial charge in [0, 0.05) is 51.8 Å². The molecule has 3 N–H and O–H groups in total. The monoisotopic (exact) mass is 532 g/mol. The van der Waals surface area contributed by atoms with E-state index in [9.17, 15) is 14.4 Å². The molecule has 0 aliphatic heterocycles. The number of para-hydroxylation sites is 1. The van der Waals surface area contributed by atoms with Gasteiger partial charge in [-0.2, -0.15) is 4.98 Å². The standard InChI is InChI=1S/C29H36N6O4/c1-18(36)30-26(17-20-9-15-23(16-10-20)39-19(2)37)28(38)31-21-11-13-22(14-12-21)32-29-33-25-8-6-5-7-24(25)27(34-29)35(3)4/h5-10,15-16,21-22,26H,11-14,17H2,1-4H3,(H,30,36)(H,31,38)(H,32,33,34). The van der Waals surface area contributed by atoms with Gasteiger partial charge in [0.15, 0.2) is 0 Å². The number of amides is 2. The van der Waals surface area contributed by atoms with Gasteiger partial charge in [-0.05, 0) is 55.5 Å². The van der Waals surface area contributed by atoms with Crippen LogP contribution < -0.4 is 25.6 Å². The van der Waals surface area contributed by atoms with Crippen LogP contribution in [-0.4, -0.2) is 60.0 Å². The van der Waals surface area contributed by atoms with E-state index in [-0.39, 0.29) is 23.9 Å². The number of carbonyl (C=O) groups excluding carboxylic acids is 3. The van der Waals surface area contributed by atoms with Crippen molar-refractivity contribution in [2.24, 2.45) is 0 Å². The first-order valence-corrected chi connectivity index (χ1v) is 13.2. The summed E-state index contributed by atoms with van der Waals surface area (Å²) < 4.78 is 5.06. The van der Waals surface area contributed by atoms with Crippen molar-refractivity contribution in [2.75, 3.05) is 24.3 Å². The fourth-order valence-electron chi connectivity index (χ4n) is 4.88. The number of rotatable bonds is 9. The summed E-state index contributed by atoms with van der Waals surface area (Å²) in [5.41, 5.74) is 1.74. The lowest BCUT2D eigenvalue weighted by atomic mass is 9.91. The van der Waals surface area contributed by atoms with E-state index in [1.165, 1.54) is 13.8 Å². The van der Waals surface area contributed by atoms with Crippen LogP contribution in [0.2, 0.25) is 0 Å². The van der Waals surface area contributed by atoms with E-state index in [1.54, 1.807) is 24.3 Å². The van der Waals surface area contributed by atoms with E-state index in [0.29, 0.717) is 18.1 Å². The molecule has 0 saturated heterocycles. The molecule has 39 heavy (non-hydrogen) atoms. The largest absolute Gasteiger partial charge is 0.427 e. The van der Waals surface area contributed by atoms with Crippen molar-refractivity contribution in [3.63, 3.8) is 0 Å². The highest BCUT2D eigenvalue weighted by Gasteiger charge is 2.27. The minimum absolute atomic E-state index is 0.0213. The number of ether oxygens (including phenoxy) is 1. The number of nitrogens with one attached hydrogen (secondary N) is 3. The van der Waals surface area contributed by atoms with E-state index in [0.717, 1.165) is 48.0 Å². The Morgan fingerprint density at radius 1 is 0.949 bits per heavy atom. The zero-order valence-electron chi connectivity index (χ0n) is 22.9. The molecular formula is C29H36N6O4. The summed E-state index contributed by atoms with van der Waals surface area (Å²) in [5.74, 6) is 1.03. The van der Waals surface area contributed by atoms with Gasteiger partial charge in [0.05, 0.1) is 5.52 Å². The Labute approximate surface area is 228 Å². The molecule has 206 valence electrons. The Balaban J connectivity index is 1.33. The number of benzene rings is 2. The summed E-state index contributed by atoms with van der Waals surface area (Å²) in [7, 11) is 3.94. The van der Waals surface area contributed by atoms with Crippen molar-refractivity contribution in [3.8, 4) is 5.75 Å². The zero-order valence-corrected chi connectivity index (χ0v) is 22.9. The molecular weight excluding hydrogens is 496 g/mol.